The minimum absolute atomic E-state index is 0.0611. The van der Waals surface area contributed by atoms with Gasteiger partial charge < -0.3 is 19.1 Å². The summed E-state index contributed by atoms with van der Waals surface area (Å²) in [6, 6.07) is 5.00. The topological polar surface area (TPSA) is 116 Å². The van der Waals surface area contributed by atoms with Crippen molar-refractivity contribution in [2.75, 3.05) is 18.4 Å². The Morgan fingerprint density at radius 1 is 1.28 bits per heavy atom. The van der Waals surface area contributed by atoms with Crippen molar-refractivity contribution in [3.8, 4) is 11.5 Å². The standard InChI is InChI=1S/C19H21N5O5/c1-19(2,3)18(26)29-23-10-13(11-23)24-9-12(8-20-24)21-17(25)14-7-16(28-22-14)15-5-4-6-27-15/h4-9,13H,10-11H2,1-3H3,(H,21,25). The maximum atomic E-state index is 12.4. The van der Waals surface area contributed by atoms with Crippen molar-refractivity contribution in [3.05, 3.63) is 42.5 Å². The summed E-state index contributed by atoms with van der Waals surface area (Å²) in [6.45, 7) is 6.49. The number of aromatic nitrogens is 3. The Hall–Kier alpha value is -3.40. The second kappa shape index (κ2) is 7.21. The lowest BCUT2D eigenvalue weighted by Gasteiger charge is -2.38. The lowest BCUT2D eigenvalue weighted by atomic mass is 9.98. The Labute approximate surface area is 166 Å². The van der Waals surface area contributed by atoms with Crippen LogP contribution in [0.4, 0.5) is 5.69 Å². The lowest BCUT2D eigenvalue weighted by molar-refractivity contribution is -0.226. The van der Waals surface area contributed by atoms with Crippen LogP contribution >= 0.6 is 0 Å². The van der Waals surface area contributed by atoms with E-state index in [4.69, 9.17) is 13.8 Å². The number of nitrogens with one attached hydrogen (secondary N) is 1. The summed E-state index contributed by atoms with van der Waals surface area (Å²) in [4.78, 5) is 29.6. The molecule has 1 saturated heterocycles. The molecule has 0 radical (unpaired) electrons. The highest BCUT2D eigenvalue weighted by atomic mass is 16.7. The van der Waals surface area contributed by atoms with Gasteiger partial charge in [0.2, 0.25) is 5.76 Å². The molecule has 0 spiro atoms. The number of hydrogen-bond donors (Lipinski definition) is 1. The van der Waals surface area contributed by atoms with E-state index in [1.165, 1.54) is 12.3 Å². The van der Waals surface area contributed by atoms with Gasteiger partial charge in [0.05, 0.1) is 42.7 Å². The number of furan rings is 1. The van der Waals surface area contributed by atoms with E-state index < -0.39 is 11.3 Å². The fraction of sp³-hybridized carbons (Fsp3) is 0.368. The van der Waals surface area contributed by atoms with E-state index in [2.05, 4.69) is 15.6 Å². The van der Waals surface area contributed by atoms with Gasteiger partial charge in [-0.3, -0.25) is 9.48 Å². The summed E-state index contributed by atoms with van der Waals surface area (Å²) >= 11 is 0. The zero-order valence-corrected chi connectivity index (χ0v) is 16.3. The highest BCUT2D eigenvalue weighted by molar-refractivity contribution is 6.03. The molecule has 0 unspecified atom stereocenters. The van der Waals surface area contributed by atoms with E-state index in [0.29, 0.717) is 30.3 Å². The summed E-state index contributed by atoms with van der Waals surface area (Å²) in [5, 5.41) is 12.4. The van der Waals surface area contributed by atoms with Crippen LogP contribution in [0.3, 0.4) is 0 Å². The number of rotatable bonds is 5. The van der Waals surface area contributed by atoms with E-state index in [9.17, 15) is 9.59 Å². The summed E-state index contributed by atoms with van der Waals surface area (Å²) in [5.41, 5.74) is 0.113. The molecule has 4 heterocycles. The summed E-state index contributed by atoms with van der Waals surface area (Å²) in [6.07, 6.45) is 4.78. The van der Waals surface area contributed by atoms with Crippen LogP contribution in [0.2, 0.25) is 0 Å². The van der Waals surface area contributed by atoms with E-state index in [1.54, 1.807) is 34.3 Å². The van der Waals surface area contributed by atoms with Crippen molar-refractivity contribution in [1.29, 1.82) is 0 Å². The first-order valence-corrected chi connectivity index (χ1v) is 9.13. The van der Waals surface area contributed by atoms with E-state index in [-0.39, 0.29) is 17.7 Å². The van der Waals surface area contributed by atoms with Gasteiger partial charge in [-0.1, -0.05) is 5.16 Å². The number of hydroxylamine groups is 2. The number of carbonyl (C=O) groups is 2. The SMILES string of the molecule is CC(C)(C)C(=O)ON1CC(n2cc(NC(=O)c3cc(-c4ccco4)on3)cn2)C1. The molecule has 1 fully saturated rings. The Morgan fingerprint density at radius 3 is 2.76 bits per heavy atom. The third-order valence-corrected chi connectivity index (χ3v) is 4.39. The molecule has 29 heavy (non-hydrogen) atoms. The molecular formula is C19H21N5O5. The molecule has 4 rings (SSSR count). The monoisotopic (exact) mass is 399 g/mol. The smallest absolute Gasteiger partial charge is 0.330 e. The van der Waals surface area contributed by atoms with Crippen molar-refractivity contribution in [2.24, 2.45) is 5.41 Å². The summed E-state index contributed by atoms with van der Waals surface area (Å²) in [7, 11) is 0. The predicted octanol–water partition coefficient (Wildman–Crippen LogP) is 2.74. The van der Waals surface area contributed by atoms with E-state index in [1.807, 2.05) is 20.8 Å². The molecule has 1 aliphatic heterocycles. The highest BCUT2D eigenvalue weighted by Crippen LogP contribution is 2.25. The number of hydrogen-bond acceptors (Lipinski definition) is 8. The van der Waals surface area contributed by atoms with Gasteiger partial charge >= 0.3 is 5.97 Å². The maximum absolute atomic E-state index is 12.4. The van der Waals surface area contributed by atoms with Crippen molar-refractivity contribution < 1.29 is 23.4 Å². The molecule has 3 aromatic rings. The van der Waals surface area contributed by atoms with Crippen LogP contribution in [0.25, 0.3) is 11.5 Å². The van der Waals surface area contributed by atoms with Crippen molar-refractivity contribution >= 4 is 17.6 Å². The maximum Gasteiger partial charge on any atom is 0.330 e. The fourth-order valence-electron chi connectivity index (χ4n) is 2.63. The van der Waals surface area contributed by atoms with Gasteiger partial charge in [-0.2, -0.15) is 5.10 Å². The van der Waals surface area contributed by atoms with Crippen LogP contribution < -0.4 is 5.32 Å². The predicted molar refractivity (Wildman–Crippen MR) is 101 cm³/mol. The quantitative estimate of drug-likeness (QED) is 0.696. The van der Waals surface area contributed by atoms with Crippen molar-refractivity contribution in [3.63, 3.8) is 0 Å². The third-order valence-electron chi connectivity index (χ3n) is 4.39. The normalized spacial score (nSPS) is 15.1. The molecular weight excluding hydrogens is 378 g/mol. The number of carbonyl (C=O) groups excluding carboxylic acids is 2. The Kier molecular flexibility index (Phi) is 4.71. The fourth-order valence-corrected chi connectivity index (χ4v) is 2.63. The van der Waals surface area contributed by atoms with Gasteiger partial charge in [-0.25, -0.2) is 4.79 Å². The molecule has 1 aliphatic rings. The molecule has 152 valence electrons. The first kappa shape index (κ1) is 18.9. The van der Waals surface area contributed by atoms with Crippen LogP contribution in [-0.2, 0) is 9.63 Å². The zero-order chi connectivity index (χ0) is 20.6. The van der Waals surface area contributed by atoms with Crippen LogP contribution in [-0.4, -0.2) is 45.0 Å². The molecule has 0 bridgehead atoms. The summed E-state index contributed by atoms with van der Waals surface area (Å²) < 4.78 is 12.1. The second-order valence-corrected chi connectivity index (χ2v) is 7.85. The number of anilines is 1. The Bertz CT molecular complexity index is 1010. The van der Waals surface area contributed by atoms with E-state index >= 15 is 0 Å². The van der Waals surface area contributed by atoms with E-state index in [0.717, 1.165) is 0 Å². The minimum Gasteiger partial charge on any atom is -0.461 e. The van der Waals surface area contributed by atoms with Gasteiger partial charge in [0.1, 0.15) is 0 Å². The molecule has 0 atom stereocenters. The zero-order valence-electron chi connectivity index (χ0n) is 16.3. The van der Waals surface area contributed by atoms with Crippen molar-refractivity contribution in [2.45, 2.75) is 26.8 Å². The van der Waals surface area contributed by atoms with Crippen LogP contribution in [0.15, 0.2) is 45.8 Å². The highest BCUT2D eigenvalue weighted by Gasteiger charge is 2.35. The van der Waals surface area contributed by atoms with Gasteiger partial charge in [-0.05, 0) is 32.9 Å². The minimum atomic E-state index is -0.549. The molecule has 0 saturated carbocycles. The van der Waals surface area contributed by atoms with Gasteiger partial charge in [0.15, 0.2) is 11.5 Å². The first-order valence-electron chi connectivity index (χ1n) is 9.13. The molecule has 10 nitrogen and oxygen atoms in total. The van der Waals surface area contributed by atoms with Crippen LogP contribution in [0.5, 0.6) is 0 Å². The number of amides is 1. The molecule has 10 heteroatoms. The largest absolute Gasteiger partial charge is 0.461 e. The summed E-state index contributed by atoms with van der Waals surface area (Å²) in [5.74, 6) is 0.174. The second-order valence-electron chi connectivity index (χ2n) is 7.85. The lowest BCUT2D eigenvalue weighted by Crippen LogP contribution is -2.49. The van der Waals surface area contributed by atoms with Crippen LogP contribution in [0.1, 0.15) is 37.3 Å². The number of nitrogens with zero attached hydrogens (tertiary/aromatic N) is 4. The van der Waals surface area contributed by atoms with Crippen molar-refractivity contribution in [1.82, 2.24) is 20.0 Å². The molecule has 1 N–H and O–H groups in total. The van der Waals surface area contributed by atoms with Gasteiger partial charge in [-0.15, -0.1) is 5.06 Å². The molecule has 1 amide bonds. The first-order chi connectivity index (χ1) is 13.8. The Morgan fingerprint density at radius 2 is 2.07 bits per heavy atom. The average Bonchev–Trinajstić information content (AvgIpc) is 3.36. The third kappa shape index (κ3) is 4.06. The molecule has 3 aromatic heterocycles. The average molecular weight is 399 g/mol. The van der Waals surface area contributed by atoms with Gasteiger partial charge in [0.25, 0.3) is 5.91 Å². The van der Waals surface area contributed by atoms with Gasteiger partial charge in [0, 0.05) is 12.3 Å². The molecule has 0 aliphatic carbocycles. The Balaban J connectivity index is 1.31. The molecule has 0 aromatic carbocycles. The van der Waals surface area contributed by atoms with Crippen LogP contribution in [0, 0.1) is 5.41 Å².